The minimum Gasteiger partial charge on any atom is -0.396 e. The number of benzene rings is 1. The van der Waals surface area contributed by atoms with E-state index in [9.17, 15) is 14.7 Å². The second kappa shape index (κ2) is 10.5. The maximum Gasteiger partial charge on any atom is 0.264 e. The Morgan fingerprint density at radius 3 is 2.79 bits per heavy atom. The van der Waals surface area contributed by atoms with Crippen LogP contribution in [-0.2, 0) is 32.9 Å². The van der Waals surface area contributed by atoms with Crippen molar-refractivity contribution in [3.63, 3.8) is 0 Å². The summed E-state index contributed by atoms with van der Waals surface area (Å²) in [6, 6.07) is 5.66. The summed E-state index contributed by atoms with van der Waals surface area (Å²) in [5.41, 5.74) is -0.195. The van der Waals surface area contributed by atoms with Crippen LogP contribution in [0.4, 0.5) is 15.8 Å². The highest BCUT2D eigenvalue weighted by Gasteiger charge is 2.66. The van der Waals surface area contributed by atoms with Gasteiger partial charge in [0.25, 0.3) is 5.91 Å². The van der Waals surface area contributed by atoms with Crippen LogP contribution in [0.3, 0.4) is 0 Å². The fourth-order valence-corrected chi connectivity index (χ4v) is 6.80. The van der Waals surface area contributed by atoms with Gasteiger partial charge in [-0.05, 0) is 51.3 Å². The van der Waals surface area contributed by atoms with Gasteiger partial charge in [-0.1, -0.05) is 18.2 Å². The summed E-state index contributed by atoms with van der Waals surface area (Å²) >= 11 is 0. The van der Waals surface area contributed by atoms with Gasteiger partial charge >= 0.3 is 0 Å². The molecule has 1 N–H and O–H groups in total. The Kier molecular flexibility index (Phi) is 7.37. The highest BCUT2D eigenvalue weighted by Crippen LogP contribution is 2.58. The van der Waals surface area contributed by atoms with Crippen LogP contribution in [0.1, 0.15) is 57.7 Å². The van der Waals surface area contributed by atoms with Gasteiger partial charge < -0.3 is 19.6 Å². The molecule has 4 atom stereocenters. The number of hydrogen-bond donors (Lipinski definition) is 1. The number of aryl methyl sites for hydroxylation is 1. The lowest BCUT2D eigenvalue weighted by atomic mass is 9.71. The normalized spacial score (nSPS) is 27.1. The van der Waals surface area contributed by atoms with Crippen LogP contribution in [0.2, 0.25) is 0 Å². The van der Waals surface area contributed by atoms with E-state index in [1.807, 2.05) is 25.1 Å². The monoisotopic (exact) mass is 539 g/mol. The maximum atomic E-state index is 15.9. The molecule has 0 radical (unpaired) electrons. The topological polar surface area (TPSA) is 101 Å². The molecule has 3 aliphatic rings. The fraction of sp³-hybridized carbons (Fsp3) is 0.586. The zero-order chi connectivity index (χ0) is 27.9. The summed E-state index contributed by atoms with van der Waals surface area (Å²) in [4.78, 5) is 30.4. The van der Waals surface area contributed by atoms with Crippen molar-refractivity contribution in [3.8, 4) is 0 Å². The zero-order valence-electron chi connectivity index (χ0n) is 23.0. The van der Waals surface area contributed by atoms with Crippen molar-refractivity contribution in [2.45, 2.75) is 76.8 Å². The molecule has 0 bridgehead atoms. The van der Waals surface area contributed by atoms with Gasteiger partial charge in [-0.25, -0.2) is 4.39 Å². The number of aliphatic hydroxyl groups excluding tert-OH is 1. The van der Waals surface area contributed by atoms with E-state index in [-0.39, 0.29) is 18.4 Å². The lowest BCUT2D eigenvalue weighted by Gasteiger charge is -2.33. The third kappa shape index (κ3) is 4.67. The van der Waals surface area contributed by atoms with Gasteiger partial charge in [-0.15, -0.1) is 11.7 Å². The number of aliphatic hydroxyl groups is 1. The van der Waals surface area contributed by atoms with Crippen molar-refractivity contribution in [1.82, 2.24) is 15.0 Å². The smallest absolute Gasteiger partial charge is 0.264 e. The van der Waals surface area contributed by atoms with Crippen LogP contribution in [0.15, 0.2) is 37.1 Å². The van der Waals surface area contributed by atoms with E-state index in [1.165, 1.54) is 0 Å². The van der Waals surface area contributed by atoms with Crippen LogP contribution in [0, 0.1) is 11.8 Å². The van der Waals surface area contributed by atoms with Gasteiger partial charge in [-0.3, -0.25) is 14.3 Å². The summed E-state index contributed by atoms with van der Waals surface area (Å²) in [5.74, 6) is -1.21. The van der Waals surface area contributed by atoms with E-state index in [4.69, 9.17) is 4.74 Å². The molecule has 2 amide bonds. The minimum atomic E-state index is -1.62. The second-order valence-corrected chi connectivity index (χ2v) is 11.4. The first-order valence-corrected chi connectivity index (χ1v) is 13.9. The molecular weight excluding hydrogens is 501 g/mol. The SMILES string of the molecule is C=CCN1C(=O)[C@@]2(O[C@@H](CCn3cc(CCO)nn3)[C@H](C(C)(C)F)[C@H]2C)c2cc(N3CCCCC3=O)ccc21. The van der Waals surface area contributed by atoms with Crippen molar-refractivity contribution >= 4 is 23.2 Å². The number of piperidine rings is 1. The van der Waals surface area contributed by atoms with Gasteiger partial charge in [0.15, 0.2) is 5.60 Å². The van der Waals surface area contributed by atoms with Crippen molar-refractivity contribution in [2.24, 2.45) is 11.8 Å². The molecule has 3 aliphatic heterocycles. The van der Waals surface area contributed by atoms with E-state index in [0.717, 1.165) is 18.5 Å². The molecule has 4 heterocycles. The third-order valence-corrected chi connectivity index (χ3v) is 8.49. The highest BCUT2D eigenvalue weighted by atomic mass is 19.1. The van der Waals surface area contributed by atoms with E-state index in [0.29, 0.717) is 55.8 Å². The Hall–Kier alpha value is -3.11. The number of anilines is 2. The molecule has 5 rings (SSSR count). The number of carbonyl (C=O) groups is 2. The molecule has 0 saturated carbocycles. The Bertz CT molecular complexity index is 1260. The Morgan fingerprint density at radius 2 is 2.10 bits per heavy atom. The fourth-order valence-electron chi connectivity index (χ4n) is 6.80. The Morgan fingerprint density at radius 1 is 1.31 bits per heavy atom. The van der Waals surface area contributed by atoms with Gasteiger partial charge in [-0.2, -0.15) is 0 Å². The molecule has 39 heavy (non-hydrogen) atoms. The van der Waals surface area contributed by atoms with Crippen LogP contribution in [-0.4, -0.2) is 63.4 Å². The molecule has 1 aromatic carbocycles. The maximum absolute atomic E-state index is 15.9. The molecule has 0 aliphatic carbocycles. The summed E-state index contributed by atoms with van der Waals surface area (Å²) in [6.07, 6.45) is 6.01. The Labute approximate surface area is 228 Å². The van der Waals surface area contributed by atoms with E-state index >= 15 is 4.39 Å². The standard InChI is InChI=1S/C29H38FN5O4/c1-5-13-35-23-10-9-21(34-14-7-6-8-25(34)37)17-22(23)29(27(35)38)19(2)26(28(3,4)30)24(39-29)11-15-33-18-20(12-16-36)31-32-33/h5,9-10,17-19,24,26,36H,1,6-8,11-16H2,2-4H3/t19-,24+,26-,29+/m1/s1. The van der Waals surface area contributed by atoms with Gasteiger partial charge in [0.2, 0.25) is 5.91 Å². The Balaban J connectivity index is 1.53. The molecule has 2 fully saturated rings. The molecule has 1 spiro atoms. The summed E-state index contributed by atoms with van der Waals surface area (Å²) < 4.78 is 24.3. The quantitative estimate of drug-likeness (QED) is 0.489. The number of aromatic nitrogens is 3. The lowest BCUT2D eigenvalue weighted by molar-refractivity contribution is -0.146. The van der Waals surface area contributed by atoms with Crippen molar-refractivity contribution in [2.75, 3.05) is 29.5 Å². The molecule has 1 aromatic heterocycles. The van der Waals surface area contributed by atoms with Gasteiger partial charge in [0.1, 0.15) is 5.67 Å². The molecule has 0 unspecified atom stereocenters. The van der Waals surface area contributed by atoms with Crippen molar-refractivity contribution < 1.29 is 23.8 Å². The number of hydrogen-bond acceptors (Lipinski definition) is 6. The van der Waals surface area contributed by atoms with Gasteiger partial charge in [0, 0.05) is 68.4 Å². The van der Waals surface area contributed by atoms with Crippen LogP contribution in [0.25, 0.3) is 0 Å². The summed E-state index contributed by atoms with van der Waals surface area (Å²) in [5, 5.41) is 17.4. The van der Waals surface area contributed by atoms with E-state index < -0.39 is 29.2 Å². The largest absolute Gasteiger partial charge is 0.396 e. The molecule has 10 heteroatoms. The highest BCUT2D eigenvalue weighted by molar-refractivity contribution is 6.08. The average molecular weight is 540 g/mol. The predicted molar refractivity (Wildman–Crippen MR) is 145 cm³/mol. The number of ether oxygens (including phenoxy) is 1. The lowest BCUT2D eigenvalue weighted by Crippen LogP contribution is -2.45. The molecule has 210 valence electrons. The number of halogens is 1. The van der Waals surface area contributed by atoms with Gasteiger partial charge in [0.05, 0.1) is 17.5 Å². The minimum absolute atomic E-state index is 0.0175. The number of fused-ring (bicyclic) bond motifs is 2. The van der Waals surface area contributed by atoms with Crippen LogP contribution < -0.4 is 9.80 Å². The third-order valence-electron chi connectivity index (χ3n) is 8.49. The van der Waals surface area contributed by atoms with Crippen molar-refractivity contribution in [3.05, 3.63) is 48.3 Å². The van der Waals surface area contributed by atoms with E-state index in [2.05, 4.69) is 16.9 Å². The first-order valence-electron chi connectivity index (χ1n) is 13.9. The molecule has 2 saturated heterocycles. The van der Waals surface area contributed by atoms with E-state index in [1.54, 1.807) is 40.6 Å². The first kappa shape index (κ1) is 27.5. The van der Waals surface area contributed by atoms with Crippen molar-refractivity contribution in [1.29, 1.82) is 0 Å². The number of carbonyl (C=O) groups excluding carboxylic acids is 2. The second-order valence-electron chi connectivity index (χ2n) is 11.4. The predicted octanol–water partition coefficient (Wildman–Crippen LogP) is 3.55. The first-order chi connectivity index (χ1) is 18.6. The number of amides is 2. The molecular formula is C29H38FN5O4. The summed E-state index contributed by atoms with van der Waals surface area (Å²) in [7, 11) is 0. The summed E-state index contributed by atoms with van der Waals surface area (Å²) in [6.45, 7) is 10.2. The molecule has 2 aromatic rings. The molecule has 9 nitrogen and oxygen atoms in total. The number of alkyl halides is 1. The number of rotatable bonds is 9. The average Bonchev–Trinajstić information content (AvgIpc) is 3.53. The number of nitrogens with zero attached hydrogens (tertiary/aromatic N) is 5. The zero-order valence-corrected chi connectivity index (χ0v) is 23.0. The van der Waals surface area contributed by atoms with Crippen LogP contribution in [0.5, 0.6) is 0 Å². The van der Waals surface area contributed by atoms with Crippen LogP contribution >= 0.6 is 0 Å².